The van der Waals surface area contributed by atoms with E-state index >= 15 is 0 Å². The summed E-state index contributed by atoms with van der Waals surface area (Å²) in [6.45, 7) is 2.13. The van der Waals surface area contributed by atoms with E-state index in [2.05, 4.69) is 15.5 Å². The van der Waals surface area contributed by atoms with Crippen LogP contribution >= 0.6 is 23.1 Å². The molecule has 2 heterocycles. The van der Waals surface area contributed by atoms with Crippen LogP contribution in [0.2, 0.25) is 0 Å². The third kappa shape index (κ3) is 6.80. The molecule has 40 heavy (non-hydrogen) atoms. The van der Waals surface area contributed by atoms with Gasteiger partial charge in [0, 0.05) is 17.5 Å². The molecular formula is C26H22F4N4O4S2. The normalized spacial score (nSPS) is 11.3. The molecule has 0 bridgehead atoms. The number of hydrogen-bond donors (Lipinski definition) is 1. The zero-order valence-electron chi connectivity index (χ0n) is 21.1. The highest BCUT2D eigenvalue weighted by molar-refractivity contribution is 7.99. The first-order chi connectivity index (χ1) is 19.1. The second kappa shape index (κ2) is 12.5. The van der Waals surface area contributed by atoms with Gasteiger partial charge in [0.1, 0.15) is 28.7 Å². The van der Waals surface area contributed by atoms with Crippen molar-refractivity contribution in [1.82, 2.24) is 14.8 Å². The molecule has 4 aromatic rings. The average molecular weight is 595 g/mol. The smallest absolute Gasteiger partial charge is 0.416 e. The van der Waals surface area contributed by atoms with Gasteiger partial charge >= 0.3 is 12.1 Å². The molecule has 0 aliphatic carbocycles. The van der Waals surface area contributed by atoms with Crippen molar-refractivity contribution in [1.29, 1.82) is 0 Å². The van der Waals surface area contributed by atoms with E-state index in [1.807, 2.05) is 6.92 Å². The highest BCUT2D eigenvalue weighted by Gasteiger charge is 2.30. The van der Waals surface area contributed by atoms with Crippen molar-refractivity contribution in [3.05, 3.63) is 76.7 Å². The number of alkyl halides is 3. The fourth-order valence-corrected chi connectivity index (χ4v) is 5.44. The molecule has 8 nitrogen and oxygen atoms in total. The lowest BCUT2D eigenvalue weighted by molar-refractivity contribution is -0.137. The van der Waals surface area contributed by atoms with Crippen LogP contribution in [-0.2, 0) is 28.9 Å². The number of carbonyl (C=O) groups is 2. The van der Waals surface area contributed by atoms with Gasteiger partial charge in [0.2, 0.25) is 5.91 Å². The number of benzene rings is 2. The zero-order chi connectivity index (χ0) is 28.9. The average Bonchev–Trinajstić information content (AvgIpc) is 3.54. The van der Waals surface area contributed by atoms with Gasteiger partial charge in [0.15, 0.2) is 11.0 Å². The number of methoxy groups -OCH3 is 1. The molecule has 2 aromatic heterocycles. The summed E-state index contributed by atoms with van der Waals surface area (Å²) >= 11 is 2.22. The summed E-state index contributed by atoms with van der Waals surface area (Å²) in [7, 11) is 1.22. The first-order valence-electron chi connectivity index (χ1n) is 11.7. The number of anilines is 1. The molecule has 14 heteroatoms. The first-order valence-corrected chi connectivity index (χ1v) is 13.6. The fourth-order valence-electron chi connectivity index (χ4n) is 3.65. The van der Waals surface area contributed by atoms with Crippen LogP contribution in [-0.4, -0.2) is 39.5 Å². The van der Waals surface area contributed by atoms with E-state index in [1.165, 1.54) is 43.5 Å². The van der Waals surface area contributed by atoms with Gasteiger partial charge in [-0.1, -0.05) is 30.0 Å². The molecule has 0 fully saturated rings. The quantitative estimate of drug-likeness (QED) is 0.131. The number of aromatic nitrogens is 3. The van der Waals surface area contributed by atoms with Crippen molar-refractivity contribution >= 4 is 40.0 Å². The molecule has 0 saturated carbocycles. The number of carbonyl (C=O) groups excluding carboxylic acids is 2. The third-order valence-electron chi connectivity index (χ3n) is 5.56. The maximum Gasteiger partial charge on any atom is 0.416 e. The predicted molar refractivity (Wildman–Crippen MR) is 142 cm³/mol. The molecule has 0 radical (unpaired) electrons. The van der Waals surface area contributed by atoms with Gasteiger partial charge in [-0.15, -0.1) is 21.5 Å². The van der Waals surface area contributed by atoms with Crippen LogP contribution in [0, 0.1) is 5.82 Å². The Labute approximate surface area is 234 Å². The van der Waals surface area contributed by atoms with E-state index in [0.29, 0.717) is 28.7 Å². The Morgan fingerprint density at radius 2 is 1.88 bits per heavy atom. The van der Waals surface area contributed by atoms with Crippen LogP contribution in [0.5, 0.6) is 5.75 Å². The highest BCUT2D eigenvalue weighted by atomic mass is 32.2. The van der Waals surface area contributed by atoms with Crippen molar-refractivity contribution in [2.24, 2.45) is 0 Å². The molecule has 0 saturated heterocycles. The van der Waals surface area contributed by atoms with Crippen molar-refractivity contribution in [2.45, 2.75) is 31.4 Å². The van der Waals surface area contributed by atoms with Crippen LogP contribution in [0.15, 0.2) is 59.1 Å². The van der Waals surface area contributed by atoms with Gasteiger partial charge in [0.05, 0.1) is 18.4 Å². The van der Waals surface area contributed by atoms with E-state index in [4.69, 9.17) is 9.47 Å². The van der Waals surface area contributed by atoms with Crippen molar-refractivity contribution < 1.29 is 36.6 Å². The summed E-state index contributed by atoms with van der Waals surface area (Å²) in [4.78, 5) is 25.3. The second-order valence-electron chi connectivity index (χ2n) is 8.15. The predicted octanol–water partition coefficient (Wildman–Crippen LogP) is 6.28. The van der Waals surface area contributed by atoms with Crippen molar-refractivity contribution in [3.8, 4) is 16.9 Å². The number of halogens is 4. The standard InChI is InChI=1S/C26H22F4N4O4S2/c1-3-34-20(12-38-18-6-4-5-16(11-18)26(28,29)30)32-33-25(34)40-14-21(35)31-23-22(24(36)37-2)19(13-39-23)15-7-9-17(27)10-8-15/h4-11,13H,3,12,14H2,1-2H3,(H,31,35). The first kappa shape index (κ1) is 29.1. The third-order valence-corrected chi connectivity index (χ3v) is 7.42. The van der Waals surface area contributed by atoms with E-state index in [9.17, 15) is 27.2 Å². The number of amides is 1. The largest absolute Gasteiger partial charge is 0.486 e. The Morgan fingerprint density at radius 3 is 2.55 bits per heavy atom. The zero-order valence-corrected chi connectivity index (χ0v) is 22.8. The van der Waals surface area contributed by atoms with Gasteiger partial charge in [-0.05, 0) is 42.8 Å². The summed E-state index contributed by atoms with van der Waals surface area (Å²) in [6, 6.07) is 10.1. The lowest BCUT2D eigenvalue weighted by Crippen LogP contribution is -2.16. The number of rotatable bonds is 10. The second-order valence-corrected chi connectivity index (χ2v) is 9.97. The van der Waals surface area contributed by atoms with Crippen molar-refractivity contribution in [3.63, 3.8) is 0 Å². The molecule has 210 valence electrons. The highest BCUT2D eigenvalue weighted by Crippen LogP contribution is 2.36. The molecule has 1 N–H and O–H groups in total. The number of esters is 1. The van der Waals surface area contributed by atoms with E-state index in [-0.39, 0.29) is 28.7 Å². The number of nitrogens with zero attached hydrogens (tertiary/aromatic N) is 3. The Morgan fingerprint density at radius 1 is 1.12 bits per heavy atom. The SMILES string of the molecule is CCn1c(COc2cccc(C(F)(F)F)c2)nnc1SCC(=O)Nc1scc(-c2ccc(F)cc2)c1C(=O)OC. The Balaban J connectivity index is 1.42. The number of nitrogens with one attached hydrogen (secondary N) is 1. The summed E-state index contributed by atoms with van der Waals surface area (Å²) in [6.07, 6.45) is -4.49. The summed E-state index contributed by atoms with van der Waals surface area (Å²) in [5.41, 5.74) is 0.415. The van der Waals surface area contributed by atoms with E-state index < -0.39 is 29.4 Å². The minimum atomic E-state index is -4.49. The van der Waals surface area contributed by atoms with Gasteiger partial charge in [-0.3, -0.25) is 4.79 Å². The molecular weight excluding hydrogens is 572 g/mol. The number of thiophene rings is 1. The molecule has 0 aliphatic rings. The molecule has 0 unspecified atom stereocenters. The van der Waals surface area contributed by atoms with Crippen LogP contribution in [0.4, 0.5) is 22.6 Å². The monoisotopic (exact) mass is 594 g/mol. The number of hydrogen-bond acceptors (Lipinski definition) is 8. The lowest BCUT2D eigenvalue weighted by atomic mass is 10.0. The van der Waals surface area contributed by atoms with Gasteiger partial charge in [-0.25, -0.2) is 9.18 Å². The van der Waals surface area contributed by atoms with Crippen LogP contribution in [0.25, 0.3) is 11.1 Å². The molecule has 0 atom stereocenters. The van der Waals surface area contributed by atoms with E-state index in [1.54, 1.807) is 9.95 Å². The minimum Gasteiger partial charge on any atom is -0.486 e. The Hall–Kier alpha value is -3.91. The molecule has 0 aliphatic heterocycles. The lowest BCUT2D eigenvalue weighted by Gasteiger charge is -2.11. The molecule has 4 rings (SSSR count). The molecule has 1 amide bonds. The van der Waals surface area contributed by atoms with Crippen LogP contribution in [0.1, 0.15) is 28.7 Å². The van der Waals surface area contributed by atoms with Gasteiger partial charge < -0.3 is 19.4 Å². The number of ether oxygens (including phenoxy) is 2. The summed E-state index contributed by atoms with van der Waals surface area (Å²) < 4.78 is 64.3. The topological polar surface area (TPSA) is 95.3 Å². The van der Waals surface area contributed by atoms with Crippen LogP contribution < -0.4 is 10.1 Å². The maximum absolute atomic E-state index is 13.4. The van der Waals surface area contributed by atoms with Gasteiger partial charge in [0.25, 0.3) is 0 Å². The summed E-state index contributed by atoms with van der Waals surface area (Å²) in [5.74, 6) is -1.16. The summed E-state index contributed by atoms with van der Waals surface area (Å²) in [5, 5.41) is 13.2. The van der Waals surface area contributed by atoms with Crippen LogP contribution in [0.3, 0.4) is 0 Å². The molecule has 2 aromatic carbocycles. The fraction of sp³-hybridized carbons (Fsp3) is 0.231. The Bertz CT molecular complexity index is 1500. The van der Waals surface area contributed by atoms with Gasteiger partial charge in [-0.2, -0.15) is 13.2 Å². The van der Waals surface area contributed by atoms with E-state index in [0.717, 1.165) is 35.2 Å². The van der Waals surface area contributed by atoms with Crippen molar-refractivity contribution in [2.75, 3.05) is 18.2 Å². The minimum absolute atomic E-state index is 0.0337. The Kier molecular flexibility index (Phi) is 9.10. The maximum atomic E-state index is 13.4. The molecule has 0 spiro atoms. The number of thioether (sulfide) groups is 1.